The molecule has 1 amide bonds. The largest absolute Gasteiger partial charge is 0.372 e. The molecule has 1 fully saturated rings. The molecule has 1 aromatic rings. The minimum Gasteiger partial charge on any atom is -0.372 e. The summed E-state index contributed by atoms with van der Waals surface area (Å²) < 4.78 is 0. The molecule has 5 nitrogen and oxygen atoms in total. The van der Waals surface area contributed by atoms with Crippen molar-refractivity contribution < 1.29 is 4.79 Å². The summed E-state index contributed by atoms with van der Waals surface area (Å²) in [6.07, 6.45) is 4.18. The van der Waals surface area contributed by atoms with Crippen molar-refractivity contribution in [3.05, 3.63) is 18.1 Å². The topological polar surface area (TPSA) is 58.1 Å². The van der Waals surface area contributed by atoms with E-state index in [0.29, 0.717) is 17.6 Å². The van der Waals surface area contributed by atoms with E-state index in [1.54, 1.807) is 18.1 Å². The van der Waals surface area contributed by atoms with E-state index >= 15 is 0 Å². The van der Waals surface area contributed by atoms with Crippen LogP contribution in [-0.4, -0.2) is 52.4 Å². The van der Waals surface area contributed by atoms with Crippen LogP contribution in [0.2, 0.25) is 0 Å². The lowest BCUT2D eigenvalue weighted by molar-refractivity contribution is 0.0741. The van der Waals surface area contributed by atoms with Crippen LogP contribution in [0, 0.1) is 0 Å². The standard InChI is InChI=1S/C11H16N4OS/c1-12-10-6-13-5-9(14-10)11(16)15(2)8-3-4-17-7-8/h5-6,8H,3-4,7H2,1-2H3,(H,12,14). The van der Waals surface area contributed by atoms with Gasteiger partial charge >= 0.3 is 0 Å². The van der Waals surface area contributed by atoms with Gasteiger partial charge in [-0.2, -0.15) is 11.8 Å². The smallest absolute Gasteiger partial charge is 0.274 e. The zero-order valence-electron chi connectivity index (χ0n) is 10.0. The van der Waals surface area contributed by atoms with Crippen LogP contribution in [0.1, 0.15) is 16.9 Å². The summed E-state index contributed by atoms with van der Waals surface area (Å²) in [5, 5.41) is 2.88. The summed E-state index contributed by atoms with van der Waals surface area (Å²) >= 11 is 1.89. The van der Waals surface area contributed by atoms with Crippen molar-refractivity contribution in [2.75, 3.05) is 30.9 Å². The first-order valence-electron chi connectivity index (χ1n) is 5.57. The van der Waals surface area contributed by atoms with E-state index in [-0.39, 0.29) is 5.91 Å². The van der Waals surface area contributed by atoms with E-state index in [4.69, 9.17) is 0 Å². The van der Waals surface area contributed by atoms with Gasteiger partial charge in [-0.15, -0.1) is 0 Å². The average molecular weight is 252 g/mol. The Bertz CT molecular complexity index is 406. The van der Waals surface area contributed by atoms with Gasteiger partial charge in [0.25, 0.3) is 5.91 Å². The zero-order valence-corrected chi connectivity index (χ0v) is 10.8. The van der Waals surface area contributed by atoms with Gasteiger partial charge in [-0.1, -0.05) is 0 Å². The van der Waals surface area contributed by atoms with Gasteiger partial charge in [-0.25, -0.2) is 4.98 Å². The first kappa shape index (κ1) is 12.2. The second-order valence-corrected chi connectivity index (χ2v) is 5.12. The number of anilines is 1. The molecule has 0 aliphatic carbocycles. The van der Waals surface area contributed by atoms with Crippen LogP contribution in [-0.2, 0) is 0 Å². The summed E-state index contributed by atoms with van der Waals surface area (Å²) in [6.45, 7) is 0. The highest BCUT2D eigenvalue weighted by Crippen LogP contribution is 2.22. The minimum atomic E-state index is -0.0536. The third-order valence-electron chi connectivity index (χ3n) is 2.88. The highest BCUT2D eigenvalue weighted by molar-refractivity contribution is 7.99. The number of hydrogen-bond donors (Lipinski definition) is 1. The van der Waals surface area contributed by atoms with Crippen LogP contribution in [0.4, 0.5) is 5.82 Å². The van der Waals surface area contributed by atoms with Crippen molar-refractivity contribution in [2.45, 2.75) is 12.5 Å². The van der Waals surface area contributed by atoms with E-state index < -0.39 is 0 Å². The molecule has 0 radical (unpaired) electrons. The number of aromatic nitrogens is 2. The van der Waals surface area contributed by atoms with Gasteiger partial charge in [0, 0.05) is 25.9 Å². The summed E-state index contributed by atoms with van der Waals surface area (Å²) in [7, 11) is 3.60. The van der Waals surface area contributed by atoms with Crippen LogP contribution in [0.15, 0.2) is 12.4 Å². The second-order valence-electron chi connectivity index (χ2n) is 3.97. The first-order chi connectivity index (χ1) is 8.22. The fourth-order valence-corrected chi connectivity index (χ4v) is 3.03. The van der Waals surface area contributed by atoms with Gasteiger partial charge in [0.1, 0.15) is 11.5 Å². The number of carbonyl (C=O) groups is 1. The molecule has 17 heavy (non-hydrogen) atoms. The molecule has 2 heterocycles. The summed E-state index contributed by atoms with van der Waals surface area (Å²) in [6, 6.07) is 0.326. The van der Waals surface area contributed by atoms with E-state index in [0.717, 1.165) is 17.9 Å². The molecule has 1 atom stereocenters. The predicted molar refractivity (Wildman–Crippen MR) is 69.4 cm³/mol. The van der Waals surface area contributed by atoms with E-state index in [2.05, 4.69) is 15.3 Å². The SMILES string of the molecule is CNc1cncc(C(=O)N(C)C2CCSC2)n1. The molecule has 0 aromatic carbocycles. The first-order valence-corrected chi connectivity index (χ1v) is 6.72. The lowest BCUT2D eigenvalue weighted by atomic mass is 10.2. The number of amides is 1. The number of nitrogens with zero attached hydrogens (tertiary/aromatic N) is 3. The monoisotopic (exact) mass is 252 g/mol. The fourth-order valence-electron chi connectivity index (χ4n) is 1.76. The molecular weight excluding hydrogens is 236 g/mol. The quantitative estimate of drug-likeness (QED) is 0.873. The van der Waals surface area contributed by atoms with Crippen molar-refractivity contribution in [1.82, 2.24) is 14.9 Å². The zero-order chi connectivity index (χ0) is 12.3. The van der Waals surface area contributed by atoms with E-state index in [9.17, 15) is 4.79 Å². The molecule has 1 aliphatic heterocycles. The van der Waals surface area contributed by atoms with Crippen molar-refractivity contribution in [3.8, 4) is 0 Å². The Morgan fingerprint density at radius 1 is 1.59 bits per heavy atom. The van der Waals surface area contributed by atoms with Crippen molar-refractivity contribution in [3.63, 3.8) is 0 Å². The molecule has 1 N–H and O–H groups in total. The van der Waals surface area contributed by atoms with Crippen LogP contribution in [0.3, 0.4) is 0 Å². The Morgan fingerprint density at radius 2 is 2.41 bits per heavy atom. The Morgan fingerprint density at radius 3 is 3.06 bits per heavy atom. The van der Waals surface area contributed by atoms with E-state index in [1.807, 2.05) is 18.8 Å². The molecular formula is C11H16N4OS. The Kier molecular flexibility index (Phi) is 3.83. The van der Waals surface area contributed by atoms with Gasteiger partial charge in [-0.05, 0) is 12.2 Å². The normalized spacial score (nSPS) is 19.1. The number of rotatable bonds is 3. The lowest BCUT2D eigenvalue weighted by Crippen LogP contribution is -2.37. The van der Waals surface area contributed by atoms with Crippen LogP contribution in [0.25, 0.3) is 0 Å². The third-order valence-corrected chi connectivity index (χ3v) is 4.03. The maximum atomic E-state index is 12.2. The predicted octanol–water partition coefficient (Wildman–Crippen LogP) is 1.10. The Hall–Kier alpha value is -1.30. The number of nitrogens with one attached hydrogen (secondary N) is 1. The Balaban J connectivity index is 2.12. The fraction of sp³-hybridized carbons (Fsp3) is 0.545. The van der Waals surface area contributed by atoms with Gasteiger partial charge < -0.3 is 10.2 Å². The highest BCUT2D eigenvalue weighted by Gasteiger charge is 2.25. The minimum absolute atomic E-state index is 0.0536. The average Bonchev–Trinajstić information content (AvgIpc) is 2.91. The van der Waals surface area contributed by atoms with Gasteiger partial charge in [0.15, 0.2) is 0 Å². The van der Waals surface area contributed by atoms with Gasteiger partial charge in [-0.3, -0.25) is 9.78 Å². The van der Waals surface area contributed by atoms with E-state index in [1.165, 1.54) is 6.20 Å². The highest BCUT2D eigenvalue weighted by atomic mass is 32.2. The van der Waals surface area contributed by atoms with Crippen LogP contribution >= 0.6 is 11.8 Å². The molecule has 6 heteroatoms. The van der Waals surface area contributed by atoms with Crippen molar-refractivity contribution in [1.29, 1.82) is 0 Å². The van der Waals surface area contributed by atoms with Crippen LogP contribution in [0.5, 0.6) is 0 Å². The molecule has 1 aliphatic rings. The second kappa shape index (κ2) is 5.35. The third kappa shape index (κ3) is 2.69. The molecule has 92 valence electrons. The van der Waals surface area contributed by atoms with Gasteiger partial charge in [0.05, 0.1) is 12.4 Å². The van der Waals surface area contributed by atoms with Crippen LogP contribution < -0.4 is 5.32 Å². The lowest BCUT2D eigenvalue weighted by Gasteiger charge is -2.23. The number of carbonyl (C=O) groups excluding carboxylic acids is 1. The molecule has 0 bridgehead atoms. The van der Waals surface area contributed by atoms with Crippen molar-refractivity contribution >= 4 is 23.5 Å². The number of hydrogen-bond acceptors (Lipinski definition) is 5. The number of thioether (sulfide) groups is 1. The molecule has 0 spiro atoms. The molecule has 1 saturated heterocycles. The summed E-state index contributed by atoms with van der Waals surface area (Å²) in [4.78, 5) is 22.2. The van der Waals surface area contributed by atoms with Gasteiger partial charge in [0.2, 0.25) is 0 Å². The summed E-state index contributed by atoms with van der Waals surface area (Å²) in [5.41, 5.74) is 0.399. The maximum Gasteiger partial charge on any atom is 0.274 e. The molecule has 1 unspecified atom stereocenters. The molecule has 2 rings (SSSR count). The molecule has 0 saturated carbocycles. The van der Waals surface area contributed by atoms with Crippen molar-refractivity contribution in [2.24, 2.45) is 0 Å². The molecule has 1 aromatic heterocycles. The Labute approximate surface area is 105 Å². The summed E-state index contributed by atoms with van der Waals surface area (Å²) in [5.74, 6) is 2.71. The maximum absolute atomic E-state index is 12.2.